The van der Waals surface area contributed by atoms with Crippen molar-refractivity contribution < 1.29 is 14.6 Å². The van der Waals surface area contributed by atoms with E-state index in [0.29, 0.717) is 37.6 Å². The zero-order valence-corrected chi connectivity index (χ0v) is 12.1. The number of rotatable bonds is 3. The third-order valence-corrected chi connectivity index (χ3v) is 3.86. The number of amides is 1. The molecule has 1 aromatic heterocycles. The van der Waals surface area contributed by atoms with Crippen LogP contribution < -0.4 is 10.2 Å². The molecule has 2 aliphatic heterocycles. The van der Waals surface area contributed by atoms with Crippen LogP contribution in [0.3, 0.4) is 0 Å². The van der Waals surface area contributed by atoms with Crippen LogP contribution in [-0.2, 0) is 11.2 Å². The first-order valence-corrected chi connectivity index (χ1v) is 7.32. The van der Waals surface area contributed by atoms with E-state index in [1.54, 1.807) is 6.92 Å². The quantitative estimate of drug-likeness (QED) is 0.792. The summed E-state index contributed by atoms with van der Waals surface area (Å²) in [6.07, 6.45) is 1.37. The molecular weight excluding hydrogens is 272 g/mol. The Morgan fingerprint density at radius 2 is 2.33 bits per heavy atom. The van der Waals surface area contributed by atoms with Crippen molar-refractivity contribution in [2.45, 2.75) is 25.9 Å². The summed E-state index contributed by atoms with van der Waals surface area (Å²) < 4.78 is 5.64. The number of aliphatic hydroxyl groups excluding tert-OH is 1. The maximum absolute atomic E-state index is 12.0. The molecule has 2 N–H and O–H groups in total. The van der Waals surface area contributed by atoms with Gasteiger partial charge < -0.3 is 20.1 Å². The summed E-state index contributed by atoms with van der Waals surface area (Å²) in [5, 5.41) is 11.9. The fourth-order valence-corrected chi connectivity index (χ4v) is 2.88. The first-order chi connectivity index (χ1) is 10.2. The van der Waals surface area contributed by atoms with Gasteiger partial charge in [0.25, 0.3) is 5.91 Å². The summed E-state index contributed by atoms with van der Waals surface area (Å²) in [7, 11) is 0. The minimum Gasteiger partial charge on any atom is -0.396 e. The highest BCUT2D eigenvalue weighted by Crippen LogP contribution is 2.25. The zero-order valence-electron chi connectivity index (χ0n) is 12.1. The number of ether oxygens (including phenoxy) is 1. The molecule has 3 rings (SSSR count). The number of anilines is 1. The average molecular weight is 292 g/mol. The van der Waals surface area contributed by atoms with E-state index in [-0.39, 0.29) is 18.6 Å². The van der Waals surface area contributed by atoms with Gasteiger partial charge in [0, 0.05) is 31.8 Å². The number of fused-ring (bicyclic) bond motifs is 1. The number of hydrogen-bond donors (Lipinski definition) is 2. The Hall–Kier alpha value is -1.73. The van der Waals surface area contributed by atoms with Gasteiger partial charge in [0.15, 0.2) is 0 Å². The molecule has 7 nitrogen and oxygen atoms in total. The van der Waals surface area contributed by atoms with Crippen LogP contribution in [0.4, 0.5) is 5.82 Å². The van der Waals surface area contributed by atoms with E-state index < -0.39 is 0 Å². The van der Waals surface area contributed by atoms with E-state index in [2.05, 4.69) is 20.2 Å². The number of carbonyl (C=O) groups excluding carboxylic acids is 1. The van der Waals surface area contributed by atoms with Crippen molar-refractivity contribution in [3.63, 3.8) is 0 Å². The van der Waals surface area contributed by atoms with E-state index in [1.165, 1.54) is 0 Å². The SMILES string of the molecule is Cc1nc2c(c(N3CCOC(CCO)C3)n1)CCNC2=O. The summed E-state index contributed by atoms with van der Waals surface area (Å²) in [6.45, 7) is 4.57. The second-order valence-electron chi connectivity index (χ2n) is 5.38. The van der Waals surface area contributed by atoms with Crippen molar-refractivity contribution in [3.8, 4) is 0 Å². The maximum Gasteiger partial charge on any atom is 0.270 e. The van der Waals surface area contributed by atoms with Crippen LogP contribution in [0.1, 0.15) is 28.3 Å². The van der Waals surface area contributed by atoms with Gasteiger partial charge in [0.1, 0.15) is 17.3 Å². The number of hydrogen-bond acceptors (Lipinski definition) is 6. The molecular formula is C14H20N4O3. The lowest BCUT2D eigenvalue weighted by Crippen LogP contribution is -2.45. The third-order valence-electron chi connectivity index (χ3n) is 3.86. The van der Waals surface area contributed by atoms with Gasteiger partial charge >= 0.3 is 0 Å². The van der Waals surface area contributed by atoms with E-state index >= 15 is 0 Å². The number of nitrogens with zero attached hydrogens (tertiary/aromatic N) is 3. The van der Waals surface area contributed by atoms with Crippen molar-refractivity contribution in [2.24, 2.45) is 0 Å². The standard InChI is InChI=1S/C14H20N4O3/c1-9-16-12-11(2-4-15-14(12)20)13(17-9)18-5-7-21-10(8-18)3-6-19/h10,19H,2-8H2,1H3,(H,15,20). The molecule has 0 aliphatic carbocycles. The lowest BCUT2D eigenvalue weighted by molar-refractivity contribution is 0.0244. The van der Waals surface area contributed by atoms with Crippen LogP contribution in [0.15, 0.2) is 0 Å². The first kappa shape index (κ1) is 14.2. The van der Waals surface area contributed by atoms with Crippen molar-refractivity contribution >= 4 is 11.7 Å². The molecule has 114 valence electrons. The van der Waals surface area contributed by atoms with E-state index in [0.717, 1.165) is 24.3 Å². The van der Waals surface area contributed by atoms with Crippen LogP contribution in [0.2, 0.25) is 0 Å². The summed E-state index contributed by atoms with van der Waals surface area (Å²) in [5.41, 5.74) is 1.42. The highest BCUT2D eigenvalue weighted by Gasteiger charge is 2.28. The van der Waals surface area contributed by atoms with E-state index in [9.17, 15) is 4.79 Å². The Morgan fingerprint density at radius 3 is 3.14 bits per heavy atom. The molecule has 1 unspecified atom stereocenters. The summed E-state index contributed by atoms with van der Waals surface area (Å²) in [6, 6.07) is 0. The second-order valence-corrected chi connectivity index (χ2v) is 5.38. The molecule has 1 saturated heterocycles. The molecule has 0 saturated carbocycles. The zero-order chi connectivity index (χ0) is 14.8. The van der Waals surface area contributed by atoms with Gasteiger partial charge in [-0.1, -0.05) is 0 Å². The lowest BCUT2D eigenvalue weighted by atomic mass is 10.0. The van der Waals surface area contributed by atoms with Crippen molar-refractivity contribution in [1.82, 2.24) is 15.3 Å². The molecule has 1 amide bonds. The number of nitrogens with one attached hydrogen (secondary N) is 1. The average Bonchev–Trinajstić information content (AvgIpc) is 2.48. The largest absolute Gasteiger partial charge is 0.396 e. The Morgan fingerprint density at radius 1 is 1.48 bits per heavy atom. The molecule has 3 heterocycles. The first-order valence-electron chi connectivity index (χ1n) is 7.32. The van der Waals surface area contributed by atoms with Gasteiger partial charge in [-0.3, -0.25) is 4.79 Å². The van der Waals surface area contributed by atoms with Gasteiger partial charge in [-0.2, -0.15) is 0 Å². The second kappa shape index (κ2) is 5.95. The molecule has 2 aliphatic rings. The Labute approximate surface area is 123 Å². The third kappa shape index (κ3) is 2.84. The Kier molecular flexibility index (Phi) is 4.03. The molecule has 7 heteroatoms. The lowest BCUT2D eigenvalue weighted by Gasteiger charge is -2.35. The molecule has 1 fully saturated rings. The monoisotopic (exact) mass is 292 g/mol. The van der Waals surface area contributed by atoms with Gasteiger partial charge in [-0.15, -0.1) is 0 Å². The van der Waals surface area contributed by atoms with Gasteiger partial charge in [0.2, 0.25) is 0 Å². The maximum atomic E-state index is 12.0. The van der Waals surface area contributed by atoms with E-state index in [1.807, 2.05) is 0 Å². The Balaban J connectivity index is 1.92. The van der Waals surface area contributed by atoms with Crippen molar-refractivity contribution in [1.29, 1.82) is 0 Å². The summed E-state index contributed by atoms with van der Waals surface area (Å²) in [4.78, 5) is 23.0. The molecule has 21 heavy (non-hydrogen) atoms. The normalized spacial score (nSPS) is 21.9. The number of aromatic nitrogens is 2. The highest BCUT2D eigenvalue weighted by molar-refractivity contribution is 5.96. The van der Waals surface area contributed by atoms with Gasteiger partial charge in [0.05, 0.1) is 12.7 Å². The highest BCUT2D eigenvalue weighted by atomic mass is 16.5. The number of morpholine rings is 1. The Bertz CT molecular complexity index is 547. The molecule has 0 radical (unpaired) electrons. The molecule has 0 spiro atoms. The molecule has 1 atom stereocenters. The van der Waals surface area contributed by atoms with Crippen molar-refractivity contribution in [2.75, 3.05) is 37.7 Å². The van der Waals surface area contributed by atoms with Gasteiger partial charge in [-0.05, 0) is 19.8 Å². The van der Waals surface area contributed by atoms with Crippen LogP contribution in [-0.4, -0.2) is 59.9 Å². The summed E-state index contributed by atoms with van der Waals surface area (Å²) in [5.74, 6) is 1.33. The molecule has 1 aromatic rings. The number of carbonyl (C=O) groups is 1. The van der Waals surface area contributed by atoms with Crippen LogP contribution in [0.5, 0.6) is 0 Å². The summed E-state index contributed by atoms with van der Waals surface area (Å²) >= 11 is 0. The minimum absolute atomic E-state index is 0.00656. The predicted molar refractivity (Wildman–Crippen MR) is 76.5 cm³/mol. The smallest absolute Gasteiger partial charge is 0.270 e. The number of aliphatic hydroxyl groups is 1. The minimum atomic E-state index is -0.122. The van der Waals surface area contributed by atoms with Crippen LogP contribution >= 0.6 is 0 Å². The molecule has 0 bridgehead atoms. The molecule has 0 aromatic carbocycles. The fraction of sp³-hybridized carbons (Fsp3) is 0.643. The van der Waals surface area contributed by atoms with Crippen LogP contribution in [0.25, 0.3) is 0 Å². The number of aryl methyl sites for hydroxylation is 1. The van der Waals surface area contributed by atoms with Gasteiger partial charge in [-0.25, -0.2) is 9.97 Å². The predicted octanol–water partition coefficient (Wildman–Crippen LogP) is -0.341. The fourth-order valence-electron chi connectivity index (χ4n) is 2.88. The van der Waals surface area contributed by atoms with Crippen molar-refractivity contribution in [3.05, 3.63) is 17.1 Å². The van der Waals surface area contributed by atoms with E-state index in [4.69, 9.17) is 9.84 Å². The van der Waals surface area contributed by atoms with Crippen LogP contribution in [0, 0.1) is 6.92 Å². The topological polar surface area (TPSA) is 87.6 Å².